The summed E-state index contributed by atoms with van der Waals surface area (Å²) >= 11 is 0. The molecule has 58 valence electrons. The van der Waals surface area contributed by atoms with Gasteiger partial charge in [0.05, 0.1) is 0 Å². The largest absolute Gasteiger partial charge is 0.381 e. The van der Waals surface area contributed by atoms with Crippen LogP contribution in [0.2, 0.25) is 0 Å². The van der Waals surface area contributed by atoms with Crippen LogP contribution in [0.3, 0.4) is 0 Å². The quantitative estimate of drug-likeness (QED) is 0.501. The van der Waals surface area contributed by atoms with Crippen LogP contribution in [0.5, 0.6) is 0 Å². The van der Waals surface area contributed by atoms with Crippen LogP contribution in [0.1, 0.15) is 32.1 Å². The zero-order valence-corrected chi connectivity index (χ0v) is 6.51. The lowest BCUT2D eigenvalue weighted by atomic mass is 9.81. The molecule has 2 rings (SSSR count). The van der Waals surface area contributed by atoms with Gasteiger partial charge in [0.1, 0.15) is 0 Å². The van der Waals surface area contributed by atoms with Crippen molar-refractivity contribution in [3.05, 3.63) is 0 Å². The molecule has 2 aliphatic rings. The molecule has 1 heteroatoms. The molecule has 2 fully saturated rings. The zero-order valence-electron chi connectivity index (χ0n) is 6.51. The number of hydrogen-bond acceptors (Lipinski definition) is 1. The maximum atomic E-state index is 5.51. The third-order valence-corrected chi connectivity index (χ3v) is 2.92. The lowest BCUT2D eigenvalue weighted by molar-refractivity contribution is 0.113. The van der Waals surface area contributed by atoms with Gasteiger partial charge in [-0.25, -0.2) is 0 Å². The zero-order chi connectivity index (χ0) is 6.81. The molecule has 0 N–H and O–H groups in total. The van der Waals surface area contributed by atoms with Crippen molar-refractivity contribution in [1.29, 1.82) is 0 Å². The van der Waals surface area contributed by atoms with E-state index in [1.807, 2.05) is 0 Å². The first-order valence-corrected chi connectivity index (χ1v) is 4.53. The van der Waals surface area contributed by atoms with Gasteiger partial charge in [0.25, 0.3) is 0 Å². The molecule has 2 atom stereocenters. The summed E-state index contributed by atoms with van der Waals surface area (Å²) in [5.41, 5.74) is 0. The van der Waals surface area contributed by atoms with Crippen LogP contribution < -0.4 is 0 Å². The number of ether oxygens (including phenoxy) is 1. The highest BCUT2D eigenvalue weighted by Gasteiger charge is 2.24. The van der Waals surface area contributed by atoms with Gasteiger partial charge in [0, 0.05) is 13.2 Å². The van der Waals surface area contributed by atoms with Crippen molar-refractivity contribution < 1.29 is 4.74 Å². The van der Waals surface area contributed by atoms with Crippen molar-refractivity contribution in [2.75, 3.05) is 13.2 Å². The second-order valence-corrected chi connectivity index (χ2v) is 3.76. The molecule has 0 aromatic carbocycles. The monoisotopic (exact) mass is 140 g/mol. The lowest BCUT2D eigenvalue weighted by Crippen LogP contribution is -2.15. The molecule has 0 aromatic rings. The molecule has 10 heavy (non-hydrogen) atoms. The van der Waals surface area contributed by atoms with Gasteiger partial charge >= 0.3 is 0 Å². The van der Waals surface area contributed by atoms with Crippen molar-refractivity contribution in [2.45, 2.75) is 32.1 Å². The molecule has 2 unspecified atom stereocenters. The fraction of sp³-hybridized carbons (Fsp3) is 1.00. The summed E-state index contributed by atoms with van der Waals surface area (Å²) in [4.78, 5) is 0. The van der Waals surface area contributed by atoms with Gasteiger partial charge < -0.3 is 4.74 Å². The molecule has 1 saturated heterocycles. The average molecular weight is 140 g/mol. The molecule has 0 spiro atoms. The van der Waals surface area contributed by atoms with E-state index >= 15 is 0 Å². The van der Waals surface area contributed by atoms with Gasteiger partial charge in [0.15, 0.2) is 0 Å². The van der Waals surface area contributed by atoms with Crippen LogP contribution >= 0.6 is 0 Å². The molecular weight excluding hydrogens is 124 g/mol. The number of hydrogen-bond donors (Lipinski definition) is 0. The van der Waals surface area contributed by atoms with Crippen molar-refractivity contribution in [2.24, 2.45) is 11.8 Å². The van der Waals surface area contributed by atoms with E-state index < -0.39 is 0 Å². The van der Waals surface area contributed by atoms with E-state index in [-0.39, 0.29) is 0 Å². The standard InChI is InChI=1S/C9H16O/c1-2-8-4-5-10-7-9(3-1)6-8/h8-9H,1-7H2. The fourth-order valence-corrected chi connectivity index (χ4v) is 2.32. The Morgan fingerprint density at radius 2 is 1.90 bits per heavy atom. The summed E-state index contributed by atoms with van der Waals surface area (Å²) in [6, 6.07) is 0. The van der Waals surface area contributed by atoms with E-state index in [1.165, 1.54) is 32.1 Å². The molecule has 1 aliphatic heterocycles. The van der Waals surface area contributed by atoms with Crippen LogP contribution in [-0.2, 0) is 4.74 Å². The molecule has 0 radical (unpaired) electrons. The maximum Gasteiger partial charge on any atom is 0.0494 e. The van der Waals surface area contributed by atoms with Crippen molar-refractivity contribution in [1.82, 2.24) is 0 Å². The van der Waals surface area contributed by atoms with E-state index in [9.17, 15) is 0 Å². The summed E-state index contributed by atoms with van der Waals surface area (Å²) in [7, 11) is 0. The Hall–Kier alpha value is -0.0400. The van der Waals surface area contributed by atoms with Crippen LogP contribution in [0.15, 0.2) is 0 Å². The first kappa shape index (κ1) is 6.66. The molecule has 1 nitrogen and oxygen atoms in total. The third-order valence-electron chi connectivity index (χ3n) is 2.92. The van der Waals surface area contributed by atoms with Crippen LogP contribution in [0, 0.1) is 11.8 Å². The van der Waals surface area contributed by atoms with Crippen LogP contribution in [-0.4, -0.2) is 13.2 Å². The highest BCUT2D eigenvalue weighted by atomic mass is 16.5. The number of rotatable bonds is 0. The summed E-state index contributed by atoms with van der Waals surface area (Å²) in [5.74, 6) is 1.93. The van der Waals surface area contributed by atoms with Crippen molar-refractivity contribution in [3.63, 3.8) is 0 Å². The Labute approximate surface area is 62.8 Å². The summed E-state index contributed by atoms with van der Waals surface area (Å²) in [6.07, 6.45) is 7.14. The highest BCUT2D eigenvalue weighted by molar-refractivity contribution is 4.75. The van der Waals surface area contributed by atoms with E-state index in [4.69, 9.17) is 4.74 Å². The Kier molecular flexibility index (Phi) is 1.94. The van der Waals surface area contributed by atoms with Gasteiger partial charge in [-0.2, -0.15) is 0 Å². The second-order valence-electron chi connectivity index (χ2n) is 3.76. The number of fused-ring (bicyclic) bond motifs is 2. The molecule has 2 bridgehead atoms. The highest BCUT2D eigenvalue weighted by Crippen LogP contribution is 2.33. The first-order chi connectivity index (χ1) is 4.95. The van der Waals surface area contributed by atoms with Crippen LogP contribution in [0.25, 0.3) is 0 Å². The predicted octanol–water partition coefficient (Wildman–Crippen LogP) is 2.21. The van der Waals surface area contributed by atoms with E-state index in [0.29, 0.717) is 0 Å². The Balaban J connectivity index is 1.96. The van der Waals surface area contributed by atoms with Gasteiger partial charge in [-0.05, 0) is 31.1 Å². The Morgan fingerprint density at radius 1 is 1.00 bits per heavy atom. The molecule has 1 aliphatic carbocycles. The van der Waals surface area contributed by atoms with E-state index in [1.54, 1.807) is 0 Å². The molecule has 0 aromatic heterocycles. The van der Waals surface area contributed by atoms with E-state index in [2.05, 4.69) is 0 Å². The molecular formula is C9H16O. The normalized spacial score (nSPS) is 40.8. The summed E-state index contributed by atoms with van der Waals surface area (Å²) in [6.45, 7) is 2.08. The van der Waals surface area contributed by atoms with Gasteiger partial charge in [-0.1, -0.05) is 12.8 Å². The Bertz CT molecular complexity index is 99.3. The van der Waals surface area contributed by atoms with Gasteiger partial charge in [-0.3, -0.25) is 0 Å². The third kappa shape index (κ3) is 1.34. The Morgan fingerprint density at radius 3 is 2.90 bits per heavy atom. The average Bonchev–Trinajstić information content (AvgIpc) is 2.12. The van der Waals surface area contributed by atoms with Gasteiger partial charge in [0.2, 0.25) is 0 Å². The van der Waals surface area contributed by atoms with Crippen molar-refractivity contribution >= 4 is 0 Å². The minimum absolute atomic E-state index is 0.918. The summed E-state index contributed by atoms with van der Waals surface area (Å²) < 4.78 is 5.51. The van der Waals surface area contributed by atoms with E-state index in [0.717, 1.165) is 25.0 Å². The van der Waals surface area contributed by atoms with Crippen molar-refractivity contribution in [3.8, 4) is 0 Å². The maximum absolute atomic E-state index is 5.51. The first-order valence-electron chi connectivity index (χ1n) is 4.53. The smallest absolute Gasteiger partial charge is 0.0494 e. The SMILES string of the molecule is C1CC2CCOCC(C1)C2. The summed E-state index contributed by atoms with van der Waals surface area (Å²) in [5, 5.41) is 0. The lowest BCUT2D eigenvalue weighted by Gasteiger charge is -2.24. The van der Waals surface area contributed by atoms with Gasteiger partial charge in [-0.15, -0.1) is 0 Å². The fourth-order valence-electron chi connectivity index (χ4n) is 2.32. The minimum Gasteiger partial charge on any atom is -0.381 e. The second kappa shape index (κ2) is 2.91. The minimum atomic E-state index is 0.918. The predicted molar refractivity (Wildman–Crippen MR) is 40.9 cm³/mol. The topological polar surface area (TPSA) is 9.23 Å². The molecule has 1 heterocycles. The molecule has 0 amide bonds. The van der Waals surface area contributed by atoms with Crippen LogP contribution in [0.4, 0.5) is 0 Å². The molecule has 1 saturated carbocycles.